The van der Waals surface area contributed by atoms with Gasteiger partial charge >= 0.3 is 0 Å². The van der Waals surface area contributed by atoms with Crippen LogP contribution in [0.4, 0.5) is 11.5 Å². The van der Waals surface area contributed by atoms with E-state index in [2.05, 4.69) is 4.98 Å². The predicted octanol–water partition coefficient (Wildman–Crippen LogP) is 2.94. The molecule has 1 aromatic carbocycles. The first-order chi connectivity index (χ1) is 9.19. The summed E-state index contributed by atoms with van der Waals surface area (Å²) in [5, 5.41) is 0. The molecule has 0 unspecified atom stereocenters. The molecular weight excluding hydrogens is 258 g/mol. The third-order valence-corrected chi connectivity index (χ3v) is 3.68. The summed E-state index contributed by atoms with van der Waals surface area (Å²) < 4.78 is 5.47. The van der Waals surface area contributed by atoms with Gasteiger partial charge in [-0.2, -0.15) is 0 Å². The lowest BCUT2D eigenvalue weighted by Crippen LogP contribution is -1.95. The van der Waals surface area contributed by atoms with E-state index in [0.29, 0.717) is 12.4 Å². The van der Waals surface area contributed by atoms with Crippen LogP contribution in [-0.2, 0) is 5.75 Å². The fraction of sp³-hybridized carbons (Fsp3) is 0.214. The molecule has 0 fully saturated rings. The zero-order valence-electron chi connectivity index (χ0n) is 10.8. The fourth-order valence-electron chi connectivity index (χ4n) is 1.58. The molecule has 0 atom stereocenters. The van der Waals surface area contributed by atoms with Gasteiger partial charge in [0.05, 0.1) is 6.61 Å². The molecule has 100 valence electrons. The molecule has 5 heteroatoms. The summed E-state index contributed by atoms with van der Waals surface area (Å²) in [5.74, 6) is 2.17. The van der Waals surface area contributed by atoms with Crippen LogP contribution < -0.4 is 16.2 Å². The molecule has 1 heterocycles. The van der Waals surface area contributed by atoms with E-state index >= 15 is 0 Å². The van der Waals surface area contributed by atoms with Crippen molar-refractivity contribution >= 4 is 23.3 Å². The second-order valence-corrected chi connectivity index (χ2v) is 5.03. The van der Waals surface area contributed by atoms with Crippen molar-refractivity contribution < 1.29 is 4.74 Å². The van der Waals surface area contributed by atoms with E-state index in [1.165, 1.54) is 0 Å². The van der Waals surface area contributed by atoms with E-state index in [0.717, 1.165) is 27.6 Å². The van der Waals surface area contributed by atoms with Gasteiger partial charge in [-0.05, 0) is 36.8 Å². The predicted molar refractivity (Wildman–Crippen MR) is 80.2 cm³/mol. The molecular formula is C14H17N3OS. The average molecular weight is 275 g/mol. The fourth-order valence-corrected chi connectivity index (χ4v) is 2.51. The average Bonchev–Trinajstić information content (AvgIpc) is 2.41. The second kappa shape index (κ2) is 6.33. The number of hydrogen-bond acceptors (Lipinski definition) is 5. The Bertz CT molecular complexity index is 543. The lowest BCUT2D eigenvalue weighted by Gasteiger charge is -2.09. The third kappa shape index (κ3) is 3.79. The van der Waals surface area contributed by atoms with E-state index in [4.69, 9.17) is 16.2 Å². The minimum absolute atomic E-state index is 0.534. The van der Waals surface area contributed by atoms with Gasteiger partial charge in [0.25, 0.3) is 0 Å². The molecule has 0 bridgehead atoms. The van der Waals surface area contributed by atoms with Crippen molar-refractivity contribution in [3.05, 3.63) is 42.1 Å². The summed E-state index contributed by atoms with van der Waals surface area (Å²) in [6.07, 6.45) is 1.78. The smallest absolute Gasteiger partial charge is 0.123 e. The SMILES string of the molecule is CCOc1ccc(N)c(SCc2ccc(N)nc2)c1. The monoisotopic (exact) mass is 275 g/mol. The van der Waals surface area contributed by atoms with Crippen LogP contribution in [0, 0.1) is 0 Å². The van der Waals surface area contributed by atoms with Gasteiger partial charge in [0.2, 0.25) is 0 Å². The number of hydrogen-bond donors (Lipinski definition) is 2. The van der Waals surface area contributed by atoms with Gasteiger partial charge in [-0.1, -0.05) is 6.07 Å². The third-order valence-electron chi connectivity index (χ3n) is 2.54. The Balaban J connectivity index is 2.05. The summed E-state index contributed by atoms with van der Waals surface area (Å²) in [6.45, 7) is 2.61. The summed E-state index contributed by atoms with van der Waals surface area (Å²) in [5.41, 5.74) is 13.4. The largest absolute Gasteiger partial charge is 0.494 e. The molecule has 0 spiro atoms. The molecule has 0 saturated carbocycles. The molecule has 2 rings (SSSR count). The van der Waals surface area contributed by atoms with Gasteiger partial charge in [0.15, 0.2) is 0 Å². The highest BCUT2D eigenvalue weighted by molar-refractivity contribution is 7.98. The number of thioether (sulfide) groups is 1. The zero-order chi connectivity index (χ0) is 13.7. The molecule has 4 nitrogen and oxygen atoms in total. The maximum absolute atomic E-state index is 5.96. The van der Waals surface area contributed by atoms with E-state index in [9.17, 15) is 0 Å². The van der Waals surface area contributed by atoms with Crippen molar-refractivity contribution in [2.24, 2.45) is 0 Å². The van der Waals surface area contributed by atoms with Gasteiger partial charge in [-0.25, -0.2) is 4.98 Å². The molecule has 0 aliphatic heterocycles. The van der Waals surface area contributed by atoms with Crippen LogP contribution in [0.5, 0.6) is 5.75 Å². The Morgan fingerprint density at radius 2 is 2.05 bits per heavy atom. The summed E-state index contributed by atoms with van der Waals surface area (Å²) in [7, 11) is 0. The van der Waals surface area contributed by atoms with Crippen molar-refractivity contribution in [3.63, 3.8) is 0 Å². The van der Waals surface area contributed by atoms with Gasteiger partial charge in [-0.3, -0.25) is 0 Å². The van der Waals surface area contributed by atoms with E-state index in [1.54, 1.807) is 24.0 Å². The highest BCUT2D eigenvalue weighted by Gasteiger charge is 2.04. The molecule has 4 N–H and O–H groups in total. The van der Waals surface area contributed by atoms with E-state index in [1.807, 2.05) is 31.2 Å². The molecule has 0 aliphatic carbocycles. The van der Waals surface area contributed by atoms with Gasteiger partial charge in [0.1, 0.15) is 11.6 Å². The lowest BCUT2D eigenvalue weighted by atomic mass is 10.3. The van der Waals surface area contributed by atoms with E-state index < -0.39 is 0 Å². The standard InChI is InChI=1S/C14H17N3OS/c1-2-18-11-4-5-12(15)13(7-11)19-9-10-3-6-14(16)17-8-10/h3-8H,2,9,15H2,1H3,(H2,16,17). The second-order valence-electron chi connectivity index (χ2n) is 4.01. The maximum Gasteiger partial charge on any atom is 0.123 e. The highest BCUT2D eigenvalue weighted by Crippen LogP contribution is 2.31. The molecule has 0 amide bonds. The molecule has 19 heavy (non-hydrogen) atoms. The Hall–Kier alpha value is -1.88. The van der Waals surface area contributed by atoms with Crippen LogP contribution >= 0.6 is 11.8 Å². The number of anilines is 2. The minimum Gasteiger partial charge on any atom is -0.494 e. The molecule has 2 aromatic rings. The van der Waals surface area contributed by atoms with E-state index in [-0.39, 0.29) is 0 Å². The number of nitrogens with two attached hydrogens (primary N) is 2. The Morgan fingerprint density at radius 3 is 2.74 bits per heavy atom. The van der Waals surface area contributed by atoms with Gasteiger partial charge in [-0.15, -0.1) is 11.8 Å². The number of nitrogen functional groups attached to an aromatic ring is 2. The summed E-state index contributed by atoms with van der Waals surface area (Å²) >= 11 is 1.66. The van der Waals surface area contributed by atoms with Gasteiger partial charge in [0, 0.05) is 22.5 Å². The van der Waals surface area contributed by atoms with Crippen LogP contribution in [0.25, 0.3) is 0 Å². The quantitative estimate of drug-likeness (QED) is 0.648. The highest BCUT2D eigenvalue weighted by atomic mass is 32.2. The molecule has 0 saturated heterocycles. The molecule has 1 aromatic heterocycles. The number of aromatic nitrogens is 1. The Morgan fingerprint density at radius 1 is 1.21 bits per heavy atom. The summed E-state index contributed by atoms with van der Waals surface area (Å²) in [4.78, 5) is 5.09. The maximum atomic E-state index is 5.96. The minimum atomic E-state index is 0.534. The number of rotatable bonds is 5. The summed E-state index contributed by atoms with van der Waals surface area (Å²) in [6, 6.07) is 9.49. The Kier molecular flexibility index (Phi) is 4.52. The topological polar surface area (TPSA) is 74.2 Å². The number of nitrogens with zero attached hydrogens (tertiary/aromatic N) is 1. The number of ether oxygens (including phenoxy) is 1. The number of pyridine rings is 1. The van der Waals surface area contributed by atoms with Crippen LogP contribution in [0.2, 0.25) is 0 Å². The molecule has 0 aliphatic rings. The lowest BCUT2D eigenvalue weighted by molar-refractivity contribution is 0.339. The van der Waals surface area contributed by atoms with Crippen LogP contribution in [0.1, 0.15) is 12.5 Å². The number of benzene rings is 1. The normalized spacial score (nSPS) is 10.4. The van der Waals surface area contributed by atoms with Gasteiger partial charge < -0.3 is 16.2 Å². The first-order valence-electron chi connectivity index (χ1n) is 6.04. The van der Waals surface area contributed by atoms with Crippen LogP contribution in [-0.4, -0.2) is 11.6 Å². The van der Waals surface area contributed by atoms with Crippen molar-refractivity contribution in [3.8, 4) is 5.75 Å². The molecule has 0 radical (unpaired) electrons. The van der Waals surface area contributed by atoms with Crippen molar-refractivity contribution in [2.75, 3.05) is 18.1 Å². The van der Waals surface area contributed by atoms with Crippen LogP contribution in [0.3, 0.4) is 0 Å². The van der Waals surface area contributed by atoms with Crippen LogP contribution in [0.15, 0.2) is 41.4 Å². The zero-order valence-corrected chi connectivity index (χ0v) is 11.6. The Labute approximate surface area is 117 Å². The first-order valence-corrected chi connectivity index (χ1v) is 7.03. The van der Waals surface area contributed by atoms with Crippen molar-refractivity contribution in [2.45, 2.75) is 17.6 Å². The van der Waals surface area contributed by atoms with Crippen molar-refractivity contribution in [1.82, 2.24) is 4.98 Å². The first kappa shape index (κ1) is 13.5. The van der Waals surface area contributed by atoms with Crippen molar-refractivity contribution in [1.29, 1.82) is 0 Å².